The number of rotatable bonds is 5. The van der Waals surface area contributed by atoms with Gasteiger partial charge in [-0.3, -0.25) is 4.79 Å². The molecule has 0 heterocycles. The third-order valence-electron chi connectivity index (χ3n) is 3.89. The normalized spacial score (nSPS) is 10.4. The van der Waals surface area contributed by atoms with Crippen molar-refractivity contribution in [1.29, 1.82) is 0 Å². The van der Waals surface area contributed by atoms with Crippen LogP contribution in [0, 0.1) is 34.9 Å². The maximum atomic E-state index is 13.3. The van der Waals surface area contributed by atoms with Gasteiger partial charge in [-0.25, -0.2) is 31.1 Å². The van der Waals surface area contributed by atoms with E-state index in [1.165, 1.54) is 0 Å². The van der Waals surface area contributed by atoms with Gasteiger partial charge < -0.3 is 4.74 Å². The molecule has 0 aliphatic carbocycles. The number of esters is 1. The van der Waals surface area contributed by atoms with Crippen LogP contribution in [-0.4, -0.2) is 12.3 Å². The molecule has 3 aromatic carbocycles. The SMILES string of the molecule is O=C(/C=C/c1c(F)ccc(F)c1F)OCc1ccccc1.O=Cc1c(F)ccc(F)c1F. The second-order valence-corrected chi connectivity index (χ2v) is 6.06. The molecule has 3 rings (SSSR count). The van der Waals surface area contributed by atoms with Gasteiger partial charge in [0, 0.05) is 11.6 Å². The summed E-state index contributed by atoms with van der Waals surface area (Å²) in [7, 11) is 0. The van der Waals surface area contributed by atoms with Crippen LogP contribution >= 0.6 is 0 Å². The first-order valence-corrected chi connectivity index (χ1v) is 8.85. The van der Waals surface area contributed by atoms with E-state index >= 15 is 0 Å². The highest BCUT2D eigenvalue weighted by Gasteiger charge is 2.12. The predicted molar refractivity (Wildman–Crippen MR) is 103 cm³/mol. The standard InChI is InChI=1S/C16H11F3O2.C7H3F3O/c17-13-7-8-14(18)16(19)12(13)6-9-15(20)21-10-11-4-2-1-3-5-11;8-5-1-2-6(9)7(10)4(5)3-11/h1-9H,10H2;1-3H/b9-6+;. The Labute approximate surface area is 178 Å². The minimum Gasteiger partial charge on any atom is -0.458 e. The number of hydrogen-bond donors (Lipinski definition) is 0. The molecule has 0 saturated carbocycles. The van der Waals surface area contributed by atoms with Gasteiger partial charge in [0.05, 0.1) is 5.56 Å². The minimum atomic E-state index is -1.44. The molecule has 166 valence electrons. The van der Waals surface area contributed by atoms with Crippen LogP contribution in [-0.2, 0) is 16.1 Å². The Bertz CT molecular complexity index is 1130. The number of aldehydes is 1. The Hall–Kier alpha value is -3.88. The van der Waals surface area contributed by atoms with E-state index in [0.717, 1.165) is 23.8 Å². The van der Waals surface area contributed by atoms with Crippen LogP contribution in [0.4, 0.5) is 26.3 Å². The van der Waals surface area contributed by atoms with Crippen LogP contribution in [0.15, 0.2) is 60.7 Å². The highest BCUT2D eigenvalue weighted by molar-refractivity contribution is 5.87. The zero-order valence-electron chi connectivity index (χ0n) is 16.1. The molecular weight excluding hydrogens is 438 g/mol. The molecule has 0 saturated heterocycles. The predicted octanol–water partition coefficient (Wildman–Crippen LogP) is 5.78. The minimum absolute atomic E-state index is 0.0398. The summed E-state index contributed by atoms with van der Waals surface area (Å²) in [6.45, 7) is 0.0398. The van der Waals surface area contributed by atoms with Crippen LogP contribution in [0.25, 0.3) is 6.08 Å². The molecule has 32 heavy (non-hydrogen) atoms. The molecule has 0 spiro atoms. The average molecular weight is 452 g/mol. The van der Waals surface area contributed by atoms with Gasteiger partial charge in [0.2, 0.25) is 0 Å². The lowest BCUT2D eigenvalue weighted by atomic mass is 10.1. The summed E-state index contributed by atoms with van der Waals surface area (Å²) in [5.41, 5.74) is -0.709. The van der Waals surface area contributed by atoms with Gasteiger partial charge in [-0.15, -0.1) is 0 Å². The lowest BCUT2D eigenvalue weighted by Gasteiger charge is -2.02. The third kappa shape index (κ3) is 6.56. The summed E-state index contributed by atoms with van der Waals surface area (Å²) < 4.78 is 81.6. The Kier molecular flexibility index (Phi) is 8.76. The summed E-state index contributed by atoms with van der Waals surface area (Å²) in [4.78, 5) is 21.4. The van der Waals surface area contributed by atoms with Crippen LogP contribution in [0.1, 0.15) is 21.5 Å². The Morgan fingerprint density at radius 2 is 1.22 bits per heavy atom. The summed E-state index contributed by atoms with van der Waals surface area (Å²) >= 11 is 0. The molecule has 3 aromatic rings. The van der Waals surface area contributed by atoms with Crippen LogP contribution in [0.3, 0.4) is 0 Å². The van der Waals surface area contributed by atoms with E-state index in [1.807, 2.05) is 6.07 Å². The van der Waals surface area contributed by atoms with Gasteiger partial charge in [-0.05, 0) is 35.9 Å². The molecule has 0 unspecified atom stereocenters. The van der Waals surface area contributed by atoms with Gasteiger partial charge in [0.1, 0.15) is 18.2 Å². The van der Waals surface area contributed by atoms with Gasteiger partial charge in [0.15, 0.2) is 29.6 Å². The highest BCUT2D eigenvalue weighted by Crippen LogP contribution is 2.17. The van der Waals surface area contributed by atoms with Crippen molar-refractivity contribution in [2.75, 3.05) is 0 Å². The molecule has 0 fully saturated rings. The smallest absolute Gasteiger partial charge is 0.331 e. The molecule has 3 nitrogen and oxygen atoms in total. The summed E-state index contributed by atoms with van der Waals surface area (Å²) in [5, 5.41) is 0. The number of halogens is 6. The first-order chi connectivity index (χ1) is 15.2. The quantitative estimate of drug-likeness (QED) is 0.162. The maximum absolute atomic E-state index is 13.3. The lowest BCUT2D eigenvalue weighted by Crippen LogP contribution is -2.01. The molecule has 0 amide bonds. The van der Waals surface area contributed by atoms with Crippen molar-refractivity contribution in [2.24, 2.45) is 0 Å². The Morgan fingerprint density at radius 1 is 0.719 bits per heavy atom. The summed E-state index contributed by atoms with van der Waals surface area (Å²) in [6, 6.07) is 11.7. The van der Waals surface area contributed by atoms with Crippen LogP contribution in [0.2, 0.25) is 0 Å². The summed E-state index contributed by atoms with van der Waals surface area (Å²) in [6.07, 6.45) is 1.64. The lowest BCUT2D eigenvalue weighted by molar-refractivity contribution is -0.138. The zero-order chi connectivity index (χ0) is 23.7. The second-order valence-electron chi connectivity index (χ2n) is 6.06. The van der Waals surface area contributed by atoms with Gasteiger partial charge in [0.25, 0.3) is 0 Å². The van der Waals surface area contributed by atoms with E-state index in [-0.39, 0.29) is 12.9 Å². The largest absolute Gasteiger partial charge is 0.458 e. The molecular formula is C23H14F6O3. The molecule has 0 radical (unpaired) electrons. The van der Waals surface area contributed by atoms with Crippen LogP contribution < -0.4 is 0 Å². The number of carbonyl (C=O) groups is 2. The molecule has 0 aliphatic rings. The van der Waals surface area contributed by atoms with Crippen molar-refractivity contribution >= 4 is 18.3 Å². The monoisotopic (exact) mass is 452 g/mol. The van der Waals surface area contributed by atoms with Crippen molar-refractivity contribution in [1.82, 2.24) is 0 Å². The van der Waals surface area contributed by atoms with E-state index in [4.69, 9.17) is 4.74 Å². The molecule has 9 heteroatoms. The van der Waals surface area contributed by atoms with E-state index in [0.29, 0.717) is 18.2 Å². The van der Waals surface area contributed by atoms with Crippen molar-refractivity contribution in [3.8, 4) is 0 Å². The van der Waals surface area contributed by atoms with Crippen molar-refractivity contribution in [3.05, 3.63) is 112 Å². The van der Waals surface area contributed by atoms with Gasteiger partial charge >= 0.3 is 5.97 Å². The first kappa shape index (κ1) is 24.4. The maximum Gasteiger partial charge on any atom is 0.331 e. The summed E-state index contributed by atoms with van der Waals surface area (Å²) in [5.74, 6) is -7.99. The first-order valence-electron chi connectivity index (χ1n) is 8.85. The molecule has 0 N–H and O–H groups in total. The molecule has 0 atom stereocenters. The van der Waals surface area contributed by atoms with Gasteiger partial charge in [-0.2, -0.15) is 0 Å². The van der Waals surface area contributed by atoms with E-state index < -0.39 is 52.0 Å². The topological polar surface area (TPSA) is 43.4 Å². The zero-order valence-corrected chi connectivity index (χ0v) is 16.1. The van der Waals surface area contributed by atoms with E-state index in [1.54, 1.807) is 24.3 Å². The Balaban J connectivity index is 0.000000278. The Morgan fingerprint density at radius 3 is 1.75 bits per heavy atom. The molecule has 0 aliphatic heterocycles. The number of benzene rings is 3. The molecule has 0 bridgehead atoms. The number of hydrogen-bond acceptors (Lipinski definition) is 3. The van der Waals surface area contributed by atoms with Crippen molar-refractivity contribution < 1.29 is 40.7 Å². The number of ether oxygens (including phenoxy) is 1. The highest BCUT2D eigenvalue weighted by atomic mass is 19.2. The van der Waals surface area contributed by atoms with Crippen LogP contribution in [0.5, 0.6) is 0 Å². The van der Waals surface area contributed by atoms with Gasteiger partial charge in [-0.1, -0.05) is 30.3 Å². The van der Waals surface area contributed by atoms with Crippen molar-refractivity contribution in [2.45, 2.75) is 6.61 Å². The fraction of sp³-hybridized carbons (Fsp3) is 0.0435. The fourth-order valence-corrected chi connectivity index (χ4v) is 2.27. The fourth-order valence-electron chi connectivity index (χ4n) is 2.27. The molecule has 0 aromatic heterocycles. The van der Waals surface area contributed by atoms with E-state index in [9.17, 15) is 35.9 Å². The average Bonchev–Trinajstić information content (AvgIpc) is 2.79. The van der Waals surface area contributed by atoms with Crippen molar-refractivity contribution in [3.63, 3.8) is 0 Å². The van der Waals surface area contributed by atoms with E-state index in [2.05, 4.69) is 0 Å². The third-order valence-corrected chi connectivity index (χ3v) is 3.89. The second kappa shape index (κ2) is 11.5. The number of carbonyl (C=O) groups excluding carboxylic acids is 2.